The fraction of sp³-hybridized carbons (Fsp3) is 0.594. The summed E-state index contributed by atoms with van der Waals surface area (Å²) in [6.45, 7) is 2.15. The molecule has 2 aromatic carbocycles. The third-order valence-electron chi connectivity index (χ3n) is 9.91. The van der Waals surface area contributed by atoms with Crippen LogP contribution < -0.4 is 14.4 Å². The highest BCUT2D eigenvalue weighted by molar-refractivity contribution is 7.90. The molecule has 2 bridgehead atoms. The van der Waals surface area contributed by atoms with Gasteiger partial charge < -0.3 is 14.4 Å². The first-order valence-corrected chi connectivity index (χ1v) is 17.2. The number of aryl methyl sites for hydroxylation is 1. The third kappa shape index (κ3) is 5.98. The van der Waals surface area contributed by atoms with Crippen LogP contribution in [0.25, 0.3) is 0 Å². The molecule has 41 heavy (non-hydrogen) atoms. The van der Waals surface area contributed by atoms with Crippen LogP contribution in [0.2, 0.25) is 5.02 Å². The van der Waals surface area contributed by atoms with Crippen molar-refractivity contribution in [3.05, 3.63) is 58.1 Å². The molecular weight excluding hydrogens is 560 g/mol. The number of hydrogen-bond donors (Lipinski definition) is 1. The Bertz CT molecular complexity index is 1400. The number of nitrogens with zero attached hydrogens (tertiary/aromatic N) is 1. The maximum Gasteiger partial charge on any atom is 0.264 e. The highest BCUT2D eigenvalue weighted by atomic mass is 35.5. The smallest absolute Gasteiger partial charge is 0.264 e. The van der Waals surface area contributed by atoms with E-state index < -0.39 is 15.9 Å². The lowest BCUT2D eigenvalue weighted by Gasteiger charge is -2.46. The van der Waals surface area contributed by atoms with Crippen LogP contribution in [0.15, 0.2) is 36.4 Å². The lowest BCUT2D eigenvalue weighted by Crippen LogP contribution is -2.49. The molecule has 7 nitrogen and oxygen atoms in total. The summed E-state index contributed by atoms with van der Waals surface area (Å²) >= 11 is 6.40. The van der Waals surface area contributed by atoms with Gasteiger partial charge in [0.05, 0.1) is 24.2 Å². The highest BCUT2D eigenvalue weighted by Gasteiger charge is 2.44. The maximum absolute atomic E-state index is 13.2. The summed E-state index contributed by atoms with van der Waals surface area (Å²) in [4.78, 5) is 15.6. The number of rotatable bonds is 1. The van der Waals surface area contributed by atoms with E-state index in [4.69, 9.17) is 21.1 Å². The Kier molecular flexibility index (Phi) is 8.27. The van der Waals surface area contributed by atoms with Crippen LogP contribution in [0.5, 0.6) is 5.75 Å². The summed E-state index contributed by atoms with van der Waals surface area (Å²) in [7, 11) is -1.89. The number of amides is 1. The molecule has 0 saturated heterocycles. The molecule has 2 aliphatic heterocycles. The van der Waals surface area contributed by atoms with E-state index in [0.717, 1.165) is 87.3 Å². The fourth-order valence-electron chi connectivity index (χ4n) is 7.60. The number of benzene rings is 2. The van der Waals surface area contributed by atoms with Gasteiger partial charge in [-0.25, -0.2) is 13.1 Å². The lowest BCUT2D eigenvalue weighted by atomic mass is 9.68. The molecule has 0 unspecified atom stereocenters. The van der Waals surface area contributed by atoms with Gasteiger partial charge in [0, 0.05) is 36.2 Å². The average molecular weight is 601 g/mol. The van der Waals surface area contributed by atoms with Crippen molar-refractivity contribution < 1.29 is 22.7 Å². The summed E-state index contributed by atoms with van der Waals surface area (Å²) in [5, 5.41) is 0.757. The Balaban J connectivity index is 1.39. The number of carbonyl (C=O) groups excluding carboxylic acids is 1. The molecular formula is C32H41ClN2O5S. The van der Waals surface area contributed by atoms with Crippen LogP contribution in [-0.4, -0.2) is 53.0 Å². The number of fused-ring (bicyclic) bond motifs is 4. The second-order valence-corrected chi connectivity index (χ2v) is 14.8. The minimum Gasteiger partial charge on any atom is -0.490 e. The van der Waals surface area contributed by atoms with Crippen LogP contribution in [0, 0.1) is 11.8 Å². The monoisotopic (exact) mass is 600 g/mol. The standard InChI is InChI=1S/C32H41ClN2O5S/c1-39-29-8-4-2-3-5-16-41(37,38)34-31(36)23-10-14-30-28(18-23)35(19-24-9-12-26(24)29)20-32(21-40-30)15-6-7-22-17-25(33)11-13-27(22)32/h10-11,13-14,17-18,24,26,29H,2-9,12,15-16,19-21H2,1H3,(H,34,36)/t24-,26+,29+,32-/m0/s1. The molecule has 4 atom stereocenters. The molecule has 4 aliphatic rings. The lowest BCUT2D eigenvalue weighted by molar-refractivity contribution is -0.0220. The summed E-state index contributed by atoms with van der Waals surface area (Å²) in [6.07, 6.45) is 9.90. The molecule has 6 rings (SSSR count). The molecule has 9 heteroatoms. The van der Waals surface area contributed by atoms with E-state index in [1.807, 2.05) is 25.3 Å². The van der Waals surface area contributed by atoms with Crippen LogP contribution >= 0.6 is 11.6 Å². The number of halogens is 1. The first-order valence-electron chi connectivity index (χ1n) is 15.2. The zero-order valence-electron chi connectivity index (χ0n) is 23.9. The van der Waals surface area contributed by atoms with Gasteiger partial charge in [0.1, 0.15) is 5.75 Å². The molecule has 0 aromatic heterocycles. The Morgan fingerprint density at radius 1 is 1.05 bits per heavy atom. The fourth-order valence-corrected chi connectivity index (χ4v) is 8.88. The van der Waals surface area contributed by atoms with Gasteiger partial charge in [0.15, 0.2) is 0 Å². The van der Waals surface area contributed by atoms with Crippen LogP contribution in [0.4, 0.5) is 5.69 Å². The van der Waals surface area contributed by atoms with Gasteiger partial charge in [0.2, 0.25) is 10.0 Å². The van der Waals surface area contributed by atoms with Gasteiger partial charge >= 0.3 is 0 Å². The second-order valence-electron chi connectivity index (χ2n) is 12.5. The molecule has 2 heterocycles. The number of ether oxygens (including phenoxy) is 2. The van der Waals surface area contributed by atoms with Gasteiger partial charge in [-0.15, -0.1) is 0 Å². The van der Waals surface area contributed by atoms with Crippen LogP contribution in [0.1, 0.15) is 79.3 Å². The van der Waals surface area contributed by atoms with Crippen molar-refractivity contribution in [1.82, 2.24) is 4.72 Å². The quantitative estimate of drug-likeness (QED) is 0.440. The molecule has 2 aromatic rings. The van der Waals surface area contributed by atoms with Gasteiger partial charge in [-0.3, -0.25) is 4.79 Å². The Hall–Kier alpha value is -2.29. The zero-order valence-corrected chi connectivity index (χ0v) is 25.4. The minimum absolute atomic E-state index is 0.0523. The van der Waals surface area contributed by atoms with E-state index in [1.54, 1.807) is 6.07 Å². The molecule has 2 aliphatic carbocycles. The predicted molar refractivity (Wildman–Crippen MR) is 162 cm³/mol. The summed E-state index contributed by atoms with van der Waals surface area (Å²) in [5.74, 6) is 1.06. The SMILES string of the molecule is CO[C@@H]1CCCCCCS(=O)(=O)NC(=O)c2ccc3c(c2)N(C[C@@H]2CC[C@H]21)C[C@@]1(CCCc2cc(Cl)ccc21)CO3. The van der Waals surface area contributed by atoms with Gasteiger partial charge in [0.25, 0.3) is 5.91 Å². The Morgan fingerprint density at radius 3 is 2.71 bits per heavy atom. The summed E-state index contributed by atoms with van der Waals surface area (Å²) < 4.78 is 40.3. The van der Waals surface area contributed by atoms with Gasteiger partial charge in [-0.05, 0) is 98.2 Å². The number of methoxy groups -OCH3 is 1. The van der Waals surface area contributed by atoms with Crippen molar-refractivity contribution in [3.8, 4) is 5.75 Å². The topological polar surface area (TPSA) is 84.9 Å². The van der Waals surface area contributed by atoms with Crippen molar-refractivity contribution in [2.24, 2.45) is 11.8 Å². The predicted octanol–water partition coefficient (Wildman–Crippen LogP) is 5.88. The van der Waals surface area contributed by atoms with E-state index >= 15 is 0 Å². The van der Waals surface area contributed by atoms with Crippen molar-refractivity contribution in [1.29, 1.82) is 0 Å². The minimum atomic E-state index is -3.72. The number of anilines is 1. The van der Waals surface area contributed by atoms with Crippen molar-refractivity contribution in [3.63, 3.8) is 0 Å². The second kappa shape index (κ2) is 11.8. The van der Waals surface area contributed by atoms with Crippen LogP contribution in [-0.2, 0) is 26.6 Å². The molecule has 1 fully saturated rings. The van der Waals surface area contributed by atoms with Crippen molar-refractivity contribution in [2.45, 2.75) is 75.7 Å². The van der Waals surface area contributed by atoms with Crippen LogP contribution in [0.3, 0.4) is 0 Å². The first-order chi connectivity index (χ1) is 19.8. The normalized spacial score (nSPS) is 30.0. The number of nitrogens with one attached hydrogen (secondary N) is 1. The van der Waals surface area contributed by atoms with E-state index in [0.29, 0.717) is 30.4 Å². The zero-order chi connectivity index (χ0) is 28.6. The molecule has 222 valence electrons. The number of hydrogen-bond acceptors (Lipinski definition) is 6. The Labute approximate surface area is 249 Å². The molecule has 1 N–H and O–H groups in total. The molecule has 1 amide bonds. The maximum atomic E-state index is 13.2. The highest BCUT2D eigenvalue weighted by Crippen LogP contribution is 2.47. The van der Waals surface area contributed by atoms with Crippen molar-refractivity contribution >= 4 is 33.2 Å². The van der Waals surface area contributed by atoms with Gasteiger partial charge in [-0.2, -0.15) is 0 Å². The largest absolute Gasteiger partial charge is 0.490 e. The number of carbonyl (C=O) groups is 1. The molecule has 0 radical (unpaired) electrons. The third-order valence-corrected chi connectivity index (χ3v) is 11.5. The van der Waals surface area contributed by atoms with E-state index in [9.17, 15) is 13.2 Å². The summed E-state index contributed by atoms with van der Waals surface area (Å²) in [6, 6.07) is 11.6. The van der Waals surface area contributed by atoms with Gasteiger partial charge in [-0.1, -0.05) is 36.9 Å². The average Bonchev–Trinajstić information content (AvgIpc) is 3.08. The Morgan fingerprint density at radius 2 is 1.90 bits per heavy atom. The van der Waals surface area contributed by atoms with E-state index in [-0.39, 0.29) is 17.3 Å². The number of sulfonamides is 1. The molecule has 1 saturated carbocycles. The van der Waals surface area contributed by atoms with E-state index in [1.165, 1.54) is 11.1 Å². The summed E-state index contributed by atoms with van der Waals surface area (Å²) in [5.41, 5.74) is 3.57. The van der Waals surface area contributed by atoms with Crippen molar-refractivity contribution in [2.75, 3.05) is 37.5 Å². The van der Waals surface area contributed by atoms with E-state index in [2.05, 4.69) is 21.8 Å². The molecule has 1 spiro atoms. The first kappa shape index (κ1) is 28.8.